The van der Waals surface area contributed by atoms with Crippen molar-refractivity contribution >= 4 is 17.7 Å². The van der Waals surface area contributed by atoms with Gasteiger partial charge in [-0.1, -0.05) is 0 Å². The summed E-state index contributed by atoms with van der Waals surface area (Å²) in [5, 5.41) is 2.63. The van der Waals surface area contributed by atoms with Crippen molar-refractivity contribution < 1.29 is 4.79 Å². The van der Waals surface area contributed by atoms with Crippen LogP contribution in [0, 0.1) is 13.8 Å². The lowest BCUT2D eigenvalue weighted by atomic mass is 10.3. The molecule has 1 amide bonds. The topological polar surface area (TPSA) is 29.1 Å². The number of amides is 1. The number of carbonyl (C=O) groups is 1. The highest BCUT2D eigenvalue weighted by Crippen LogP contribution is 2.19. The average molecular weight is 169 g/mol. The lowest BCUT2D eigenvalue weighted by Gasteiger charge is -1.91. The molecular weight excluding hydrogens is 158 g/mol. The summed E-state index contributed by atoms with van der Waals surface area (Å²) in [4.78, 5) is 12.5. The van der Waals surface area contributed by atoms with E-state index in [9.17, 15) is 4.79 Å². The molecular formula is C8H11NOS. The average Bonchev–Trinajstić information content (AvgIpc) is 2.28. The molecule has 0 fully saturated rings. The van der Waals surface area contributed by atoms with Crippen LogP contribution >= 0.6 is 11.3 Å². The highest BCUT2D eigenvalue weighted by Gasteiger charge is 1.99. The number of nitrogens with one attached hydrogen (secondary N) is 1. The van der Waals surface area contributed by atoms with Crippen molar-refractivity contribution in [3.05, 3.63) is 21.4 Å². The molecule has 1 heterocycles. The van der Waals surface area contributed by atoms with Crippen LogP contribution in [0.4, 0.5) is 0 Å². The van der Waals surface area contributed by atoms with E-state index in [0.717, 1.165) is 6.41 Å². The molecule has 0 aromatic carbocycles. The number of rotatable bonds is 3. The van der Waals surface area contributed by atoms with E-state index in [1.807, 2.05) is 0 Å². The van der Waals surface area contributed by atoms with Crippen molar-refractivity contribution in [2.24, 2.45) is 0 Å². The van der Waals surface area contributed by atoms with Crippen molar-refractivity contribution in [2.45, 2.75) is 20.4 Å². The highest BCUT2D eigenvalue weighted by atomic mass is 32.1. The minimum absolute atomic E-state index is 0.656. The zero-order valence-electron chi connectivity index (χ0n) is 6.68. The largest absolute Gasteiger partial charge is 0.354 e. The molecule has 0 aliphatic rings. The van der Waals surface area contributed by atoms with Gasteiger partial charge < -0.3 is 5.32 Å². The number of hydrogen-bond donors (Lipinski definition) is 1. The molecule has 0 radical (unpaired) electrons. The second-order valence-corrected chi connectivity index (χ2v) is 3.79. The van der Waals surface area contributed by atoms with Gasteiger partial charge in [-0.25, -0.2) is 0 Å². The van der Waals surface area contributed by atoms with Gasteiger partial charge in [-0.05, 0) is 25.5 Å². The SMILES string of the molecule is Cc1cc(CNC=O)sc1C. The molecule has 0 atom stereocenters. The predicted molar refractivity (Wildman–Crippen MR) is 46.7 cm³/mol. The van der Waals surface area contributed by atoms with Gasteiger partial charge in [0.15, 0.2) is 0 Å². The summed E-state index contributed by atoms with van der Waals surface area (Å²) in [6.07, 6.45) is 0.727. The number of aryl methyl sites for hydroxylation is 2. The van der Waals surface area contributed by atoms with Crippen molar-refractivity contribution in [1.82, 2.24) is 5.32 Å². The fraction of sp³-hybridized carbons (Fsp3) is 0.375. The molecule has 3 heteroatoms. The summed E-state index contributed by atoms with van der Waals surface area (Å²) in [7, 11) is 0. The first-order chi connectivity index (χ1) is 5.24. The quantitative estimate of drug-likeness (QED) is 0.684. The minimum Gasteiger partial charge on any atom is -0.354 e. The van der Waals surface area contributed by atoms with E-state index in [0.29, 0.717) is 6.54 Å². The molecule has 0 unspecified atom stereocenters. The monoisotopic (exact) mass is 169 g/mol. The molecule has 1 aromatic heterocycles. The second kappa shape index (κ2) is 3.53. The fourth-order valence-electron chi connectivity index (χ4n) is 0.879. The van der Waals surface area contributed by atoms with E-state index >= 15 is 0 Å². The molecule has 11 heavy (non-hydrogen) atoms. The normalized spacial score (nSPS) is 9.64. The van der Waals surface area contributed by atoms with Gasteiger partial charge in [-0.15, -0.1) is 11.3 Å². The standard InChI is InChI=1S/C8H11NOS/c1-6-3-8(4-9-5-10)11-7(6)2/h3,5H,4H2,1-2H3,(H,9,10). The molecule has 1 rings (SSSR count). The smallest absolute Gasteiger partial charge is 0.207 e. The lowest BCUT2D eigenvalue weighted by Crippen LogP contribution is -2.07. The molecule has 0 aliphatic carbocycles. The van der Waals surface area contributed by atoms with E-state index in [-0.39, 0.29) is 0 Å². The van der Waals surface area contributed by atoms with E-state index < -0.39 is 0 Å². The summed E-state index contributed by atoms with van der Waals surface area (Å²) in [5.41, 5.74) is 1.30. The van der Waals surface area contributed by atoms with Crippen LogP contribution in [-0.2, 0) is 11.3 Å². The van der Waals surface area contributed by atoms with E-state index in [1.54, 1.807) is 11.3 Å². The van der Waals surface area contributed by atoms with Crippen LogP contribution in [0.3, 0.4) is 0 Å². The Morgan fingerprint density at radius 2 is 2.36 bits per heavy atom. The summed E-state index contributed by atoms with van der Waals surface area (Å²) in [6, 6.07) is 2.11. The molecule has 2 nitrogen and oxygen atoms in total. The third-order valence-electron chi connectivity index (χ3n) is 1.58. The van der Waals surface area contributed by atoms with Crippen LogP contribution in [0.1, 0.15) is 15.3 Å². The third-order valence-corrected chi connectivity index (χ3v) is 2.73. The Morgan fingerprint density at radius 3 is 2.82 bits per heavy atom. The van der Waals surface area contributed by atoms with Gasteiger partial charge in [-0.2, -0.15) is 0 Å². The van der Waals surface area contributed by atoms with Crippen LogP contribution in [0.2, 0.25) is 0 Å². The van der Waals surface area contributed by atoms with E-state index in [1.165, 1.54) is 15.3 Å². The molecule has 1 N–H and O–H groups in total. The summed E-state index contributed by atoms with van der Waals surface area (Å²) in [6.45, 7) is 4.82. The Bertz CT molecular complexity index is 235. The van der Waals surface area contributed by atoms with Crippen LogP contribution in [0.25, 0.3) is 0 Å². The zero-order valence-corrected chi connectivity index (χ0v) is 7.49. The lowest BCUT2D eigenvalue weighted by molar-refractivity contribution is -0.109. The van der Waals surface area contributed by atoms with Gasteiger partial charge in [0.1, 0.15) is 0 Å². The van der Waals surface area contributed by atoms with Crippen molar-refractivity contribution in [2.75, 3.05) is 0 Å². The van der Waals surface area contributed by atoms with Gasteiger partial charge in [-0.3, -0.25) is 4.79 Å². The van der Waals surface area contributed by atoms with Gasteiger partial charge in [0.25, 0.3) is 0 Å². The predicted octanol–water partition coefficient (Wildman–Crippen LogP) is 1.61. The third kappa shape index (κ3) is 2.05. The highest BCUT2D eigenvalue weighted by molar-refractivity contribution is 7.12. The Kier molecular flexibility index (Phi) is 2.65. The number of carbonyl (C=O) groups excluding carboxylic acids is 1. The minimum atomic E-state index is 0.656. The van der Waals surface area contributed by atoms with Gasteiger partial charge in [0.05, 0.1) is 6.54 Å². The maximum absolute atomic E-state index is 9.96. The summed E-state index contributed by atoms with van der Waals surface area (Å²) < 4.78 is 0. The van der Waals surface area contributed by atoms with E-state index in [4.69, 9.17) is 0 Å². The maximum atomic E-state index is 9.96. The van der Waals surface area contributed by atoms with Gasteiger partial charge >= 0.3 is 0 Å². The molecule has 0 saturated heterocycles. The van der Waals surface area contributed by atoms with Crippen LogP contribution in [0.15, 0.2) is 6.07 Å². The Hall–Kier alpha value is -0.830. The molecule has 1 aromatic rings. The molecule has 0 aliphatic heterocycles. The van der Waals surface area contributed by atoms with Crippen LogP contribution in [-0.4, -0.2) is 6.41 Å². The van der Waals surface area contributed by atoms with E-state index in [2.05, 4.69) is 25.2 Å². The van der Waals surface area contributed by atoms with Crippen LogP contribution < -0.4 is 5.32 Å². The number of hydrogen-bond acceptors (Lipinski definition) is 2. The molecule has 0 saturated carbocycles. The van der Waals surface area contributed by atoms with Crippen molar-refractivity contribution in [3.63, 3.8) is 0 Å². The molecule has 60 valence electrons. The number of thiophene rings is 1. The summed E-state index contributed by atoms with van der Waals surface area (Å²) in [5.74, 6) is 0. The first-order valence-electron chi connectivity index (χ1n) is 3.47. The van der Waals surface area contributed by atoms with Crippen molar-refractivity contribution in [1.29, 1.82) is 0 Å². The first kappa shape index (κ1) is 8.27. The first-order valence-corrected chi connectivity index (χ1v) is 4.28. The molecule has 0 bridgehead atoms. The fourth-order valence-corrected chi connectivity index (χ4v) is 1.88. The van der Waals surface area contributed by atoms with Gasteiger partial charge in [0.2, 0.25) is 6.41 Å². The zero-order chi connectivity index (χ0) is 8.27. The Morgan fingerprint density at radius 1 is 1.64 bits per heavy atom. The van der Waals surface area contributed by atoms with Crippen LogP contribution in [0.5, 0.6) is 0 Å². The Balaban J connectivity index is 2.64. The molecule has 0 spiro atoms. The van der Waals surface area contributed by atoms with Gasteiger partial charge in [0, 0.05) is 9.75 Å². The summed E-state index contributed by atoms with van der Waals surface area (Å²) >= 11 is 1.73. The second-order valence-electron chi connectivity index (χ2n) is 2.45. The maximum Gasteiger partial charge on any atom is 0.207 e. The Labute approximate surface area is 70.2 Å². The van der Waals surface area contributed by atoms with Crippen molar-refractivity contribution in [3.8, 4) is 0 Å².